The first-order valence-corrected chi connectivity index (χ1v) is 29.9. The second kappa shape index (κ2) is 61.5. The van der Waals surface area contributed by atoms with E-state index in [4.69, 9.17) is 9.47 Å². The van der Waals surface area contributed by atoms with Crippen LogP contribution in [0.15, 0.2) is 72.8 Å². The number of hydrogen-bond donors (Lipinski definition) is 0. The first-order valence-electron chi connectivity index (χ1n) is 29.9. The van der Waals surface area contributed by atoms with Gasteiger partial charge in [0.05, 0.1) is 36.3 Å². The molecule has 2 rings (SSSR count). The van der Waals surface area contributed by atoms with E-state index in [1.54, 1.807) is 24.3 Å². The minimum Gasteiger partial charge on any atom is -0.545 e. The fraction of sp³-hybridized carbons (Fsp3) is 0.667. The number of aromatic carboxylic acids is 2. The second-order valence-electron chi connectivity index (χ2n) is 19.7. The van der Waals surface area contributed by atoms with E-state index in [0.29, 0.717) is 13.2 Å². The second-order valence-corrected chi connectivity index (χ2v) is 19.7. The molecule has 0 aliphatic rings. The molecular weight excluding hydrogens is 1040 g/mol. The van der Waals surface area contributed by atoms with Crippen molar-refractivity contribution in [3.63, 3.8) is 0 Å². The van der Waals surface area contributed by atoms with Crippen LogP contribution in [0, 0.1) is 13.8 Å². The van der Waals surface area contributed by atoms with Crippen molar-refractivity contribution in [2.24, 2.45) is 0 Å². The van der Waals surface area contributed by atoms with Gasteiger partial charge in [0.15, 0.2) is 0 Å². The van der Waals surface area contributed by atoms with E-state index < -0.39 is 23.9 Å². The van der Waals surface area contributed by atoms with Gasteiger partial charge in [-0.25, -0.2) is 9.59 Å². The zero-order valence-corrected chi connectivity index (χ0v) is 51.2. The number of esters is 2. The topological polar surface area (TPSA) is 133 Å². The van der Waals surface area contributed by atoms with Crippen LogP contribution in [0.2, 0.25) is 0 Å². The maximum Gasteiger partial charge on any atom is 2.00 e. The number of carboxylic acids is 2. The Morgan fingerprint density at radius 1 is 0.387 bits per heavy atom. The van der Waals surface area contributed by atoms with E-state index in [-0.39, 0.29) is 46.2 Å². The average Bonchev–Trinajstić information content (AvgIpc) is 3.41. The molecule has 0 aliphatic carbocycles. The third-order valence-corrected chi connectivity index (χ3v) is 12.9. The molecule has 0 saturated carbocycles. The number of carbonyl (C=O) groups excluding carboxylic acids is 4. The zero-order chi connectivity index (χ0) is 54.8. The van der Waals surface area contributed by atoms with E-state index in [1.807, 2.05) is 0 Å². The summed E-state index contributed by atoms with van der Waals surface area (Å²) >= 11 is 0. The van der Waals surface area contributed by atoms with Gasteiger partial charge < -0.3 is 29.3 Å². The molecule has 0 aliphatic heterocycles. The minimum absolute atomic E-state index is 0. The Balaban J connectivity index is -0.00000106. The van der Waals surface area contributed by atoms with E-state index >= 15 is 0 Å². The van der Waals surface area contributed by atoms with E-state index in [1.165, 1.54) is 217 Å². The number of carboxylic acid groups (broad SMARTS) is 2. The Labute approximate surface area is 477 Å². The van der Waals surface area contributed by atoms with Crippen molar-refractivity contribution < 1.29 is 38.9 Å². The Hall–Kier alpha value is -3.40. The van der Waals surface area contributed by atoms with Gasteiger partial charge in [-0.05, 0) is 64.5 Å². The summed E-state index contributed by atoms with van der Waals surface area (Å²) < 4.78 is 10.4. The number of benzene rings is 2. The van der Waals surface area contributed by atoms with Crippen LogP contribution in [0.1, 0.15) is 313 Å². The zero-order valence-electron chi connectivity index (χ0n) is 48.4. The van der Waals surface area contributed by atoms with Crippen LogP contribution in [0.4, 0.5) is 0 Å². The molecule has 0 aromatic heterocycles. The molecule has 8 nitrogen and oxygen atoms in total. The molecule has 424 valence electrons. The molecule has 0 amide bonds. The van der Waals surface area contributed by atoms with Crippen molar-refractivity contribution in [1.29, 1.82) is 0 Å². The largest absolute Gasteiger partial charge is 2.00 e. The fourth-order valence-corrected chi connectivity index (χ4v) is 8.32. The Bertz CT molecular complexity index is 1510. The maximum absolute atomic E-state index is 12.0. The number of allylic oxidation sites excluding steroid dienone is 4. The third kappa shape index (κ3) is 51.1. The number of hydrogen-bond acceptors (Lipinski definition) is 8. The summed E-state index contributed by atoms with van der Waals surface area (Å²) in [4.78, 5) is 46.1. The number of unbranched alkanes of at least 4 members (excludes halogenated alkanes) is 34. The molecule has 0 heterocycles. The van der Waals surface area contributed by atoms with Crippen LogP contribution in [0.25, 0.3) is 0 Å². The maximum atomic E-state index is 12.0. The molecule has 0 bridgehead atoms. The van der Waals surface area contributed by atoms with Crippen LogP contribution in [-0.4, -0.2) is 61.0 Å². The average molecular weight is 1150 g/mol. The van der Waals surface area contributed by atoms with Crippen molar-refractivity contribution in [1.82, 2.24) is 0 Å². The summed E-state index contributed by atoms with van der Waals surface area (Å²) in [6.45, 7) is 16.9. The van der Waals surface area contributed by atoms with Crippen molar-refractivity contribution in [2.45, 2.75) is 272 Å². The molecule has 0 spiro atoms. The molecule has 0 unspecified atom stereocenters. The summed E-state index contributed by atoms with van der Waals surface area (Å²) in [6.07, 6.45) is 57.0. The number of rotatable bonds is 44. The third-order valence-electron chi connectivity index (χ3n) is 12.9. The summed E-state index contributed by atoms with van der Waals surface area (Å²) in [5.74, 6) is -3.90. The van der Waals surface area contributed by atoms with Crippen LogP contribution in [-0.2, 0) is 9.47 Å². The summed E-state index contributed by atoms with van der Waals surface area (Å²) in [6, 6.07) is 12.0. The number of carbonyl (C=O) groups is 4. The van der Waals surface area contributed by atoms with Crippen molar-refractivity contribution >= 4 is 47.8 Å². The quantitative estimate of drug-likeness (QED) is 0.0277. The predicted octanol–water partition coefficient (Wildman–Crippen LogP) is 17.7. The SMILES string of the molecule is C/C=C/CCCCCCCCCCCCCCOC(=O)c1ccccc1C(=O)[O-].C/C=C/CCCCCCCCCCCCCCOC(=O)c1ccccc1C(=O)[O-].[CH2]CCCCCCC.[CH2]CCCCCCC.[Sn+2]. The van der Waals surface area contributed by atoms with Gasteiger partial charge >= 0.3 is 35.8 Å². The van der Waals surface area contributed by atoms with Crippen molar-refractivity contribution in [3.05, 3.63) is 109 Å². The van der Waals surface area contributed by atoms with Gasteiger partial charge in [0.2, 0.25) is 0 Å². The Morgan fingerprint density at radius 3 is 0.880 bits per heavy atom. The predicted molar refractivity (Wildman–Crippen MR) is 315 cm³/mol. The van der Waals surface area contributed by atoms with Gasteiger partial charge in [-0.3, -0.25) is 0 Å². The molecule has 75 heavy (non-hydrogen) atoms. The number of ether oxygens (including phenoxy) is 2. The van der Waals surface area contributed by atoms with Crippen LogP contribution < -0.4 is 10.2 Å². The van der Waals surface area contributed by atoms with Gasteiger partial charge in [-0.2, -0.15) is 0 Å². The Kier molecular flexibility index (Phi) is 62.1. The van der Waals surface area contributed by atoms with Gasteiger partial charge in [-0.15, -0.1) is 0 Å². The van der Waals surface area contributed by atoms with Gasteiger partial charge in [0, 0.05) is 11.1 Å². The molecule has 4 radical (unpaired) electrons. The molecule has 2 aromatic rings. The van der Waals surface area contributed by atoms with Crippen LogP contribution >= 0.6 is 0 Å². The molecule has 2 aromatic carbocycles. The minimum atomic E-state index is -1.36. The first-order chi connectivity index (χ1) is 36.2. The van der Waals surface area contributed by atoms with Crippen molar-refractivity contribution in [2.75, 3.05) is 13.2 Å². The van der Waals surface area contributed by atoms with Crippen molar-refractivity contribution in [3.8, 4) is 0 Å². The smallest absolute Gasteiger partial charge is 0.545 e. The monoisotopic (exact) mass is 1150 g/mol. The van der Waals surface area contributed by atoms with Gasteiger partial charge in [0.25, 0.3) is 0 Å². The molecule has 0 fully saturated rings. The standard InChI is InChI=1S/2C25H38O4.2C8H17.Sn/c2*1-2-3-4-5-6-7-8-9-10-11-12-13-14-15-18-21-29-25(28)23-20-17-16-19-22(23)24(26)27;2*1-3-5-7-8-6-4-2;/h2*2-3,16-17,19-20H,4-15,18,21H2,1H3,(H,26,27);2*1,3-8H2,2H3;/q;;;;+2/p-2/b2*3-2+;;;. The van der Waals surface area contributed by atoms with E-state index in [9.17, 15) is 29.4 Å². The molecular formula is C66H108O8Sn. The molecule has 9 heteroatoms. The molecule has 0 N–H and O–H groups in total. The Morgan fingerprint density at radius 2 is 0.627 bits per heavy atom. The summed E-state index contributed by atoms with van der Waals surface area (Å²) in [5.41, 5.74) is -0.118. The summed E-state index contributed by atoms with van der Waals surface area (Å²) in [5, 5.41) is 22.1. The first kappa shape index (κ1) is 75.8. The van der Waals surface area contributed by atoms with E-state index in [2.05, 4.69) is 65.8 Å². The van der Waals surface area contributed by atoms with E-state index in [0.717, 1.165) is 51.4 Å². The molecule has 0 atom stereocenters. The molecule has 0 saturated heterocycles. The summed E-state index contributed by atoms with van der Waals surface area (Å²) in [7, 11) is 0. The van der Waals surface area contributed by atoms with Crippen LogP contribution in [0.5, 0.6) is 0 Å². The van der Waals surface area contributed by atoms with Gasteiger partial charge in [-0.1, -0.05) is 294 Å². The van der Waals surface area contributed by atoms with Crippen LogP contribution in [0.3, 0.4) is 0 Å². The normalized spacial score (nSPS) is 10.6. The fourth-order valence-electron chi connectivity index (χ4n) is 8.32. The van der Waals surface area contributed by atoms with Gasteiger partial charge in [0.1, 0.15) is 0 Å².